The number of benzene rings is 2. The van der Waals surface area contributed by atoms with Crippen LogP contribution in [-0.2, 0) is 24.6 Å². The van der Waals surface area contributed by atoms with Crippen molar-refractivity contribution in [1.29, 1.82) is 0 Å². The molecule has 44 heavy (non-hydrogen) atoms. The Morgan fingerprint density at radius 1 is 0.750 bits per heavy atom. The topological polar surface area (TPSA) is 61.8 Å². The molecule has 2 bridgehead atoms. The van der Waals surface area contributed by atoms with E-state index in [9.17, 15) is 9.59 Å². The monoisotopic (exact) mass is 625 g/mol. The molecule has 1 spiro atoms. The number of carbonyl (C=O) groups is 2. The van der Waals surface area contributed by atoms with E-state index in [4.69, 9.17) is 14.2 Å². The zero-order chi connectivity index (χ0) is 30.0. The SMILES string of the molecule is CCCCCCCCCCCOC(=O)OC(C(=O)OC1CC2CCC(C1)[N+]21CCCC1)(c1ccccc1)c1ccccc1.[Cl-]. The van der Waals surface area contributed by atoms with E-state index in [1.165, 1.54) is 81.8 Å². The fourth-order valence-corrected chi connectivity index (χ4v) is 8.17. The van der Waals surface area contributed by atoms with Gasteiger partial charge in [-0.05, 0) is 6.42 Å². The quantitative estimate of drug-likeness (QED) is 0.149. The van der Waals surface area contributed by atoms with Gasteiger partial charge < -0.3 is 31.1 Å². The number of hydrogen-bond donors (Lipinski definition) is 0. The molecule has 3 saturated heterocycles. The molecule has 0 aromatic heterocycles. The summed E-state index contributed by atoms with van der Waals surface area (Å²) in [6.45, 7) is 5.04. The Labute approximate surface area is 270 Å². The van der Waals surface area contributed by atoms with Crippen molar-refractivity contribution < 1.29 is 40.7 Å². The Hall–Kier alpha value is -2.57. The minimum atomic E-state index is -1.74. The van der Waals surface area contributed by atoms with Crippen molar-refractivity contribution in [1.82, 2.24) is 0 Å². The molecule has 3 fully saturated rings. The molecule has 0 N–H and O–H groups in total. The van der Waals surface area contributed by atoms with E-state index in [1.807, 2.05) is 60.7 Å². The molecule has 5 rings (SSSR count). The van der Waals surface area contributed by atoms with Crippen LogP contribution in [-0.4, -0.2) is 54.5 Å². The summed E-state index contributed by atoms with van der Waals surface area (Å²) in [6.07, 6.45) is 16.4. The van der Waals surface area contributed by atoms with Crippen molar-refractivity contribution in [2.45, 2.75) is 127 Å². The molecule has 7 heteroatoms. The van der Waals surface area contributed by atoms with Crippen LogP contribution in [0.4, 0.5) is 4.79 Å². The molecule has 242 valence electrons. The molecule has 0 saturated carbocycles. The Kier molecular flexibility index (Phi) is 13.0. The predicted octanol–water partition coefficient (Wildman–Crippen LogP) is 5.47. The second-order valence-electron chi connectivity index (χ2n) is 13.1. The number of carbonyl (C=O) groups excluding carboxylic acids is 2. The predicted molar refractivity (Wildman–Crippen MR) is 168 cm³/mol. The fourth-order valence-electron chi connectivity index (χ4n) is 8.17. The minimum absolute atomic E-state index is 0. The van der Waals surface area contributed by atoms with Gasteiger partial charge in [-0.3, -0.25) is 0 Å². The Bertz CT molecular complexity index is 1100. The van der Waals surface area contributed by atoms with Gasteiger partial charge in [-0.15, -0.1) is 0 Å². The van der Waals surface area contributed by atoms with Gasteiger partial charge in [0.15, 0.2) is 0 Å². The van der Waals surface area contributed by atoms with Crippen LogP contribution >= 0.6 is 0 Å². The van der Waals surface area contributed by atoms with Crippen molar-refractivity contribution in [2.24, 2.45) is 0 Å². The van der Waals surface area contributed by atoms with Crippen molar-refractivity contribution in [2.75, 3.05) is 19.7 Å². The molecular weight excluding hydrogens is 574 g/mol. The third-order valence-corrected chi connectivity index (χ3v) is 10.4. The van der Waals surface area contributed by atoms with Gasteiger partial charge in [0.1, 0.15) is 6.10 Å². The van der Waals surface area contributed by atoms with Crippen LogP contribution in [0.3, 0.4) is 0 Å². The van der Waals surface area contributed by atoms with Gasteiger partial charge in [-0.25, -0.2) is 9.59 Å². The van der Waals surface area contributed by atoms with Gasteiger partial charge in [0.05, 0.1) is 31.8 Å². The van der Waals surface area contributed by atoms with Crippen LogP contribution in [0.5, 0.6) is 0 Å². The van der Waals surface area contributed by atoms with Crippen LogP contribution in [0, 0.1) is 0 Å². The lowest BCUT2D eigenvalue weighted by Crippen LogP contribution is -3.00. The van der Waals surface area contributed by atoms with Gasteiger partial charge in [0.25, 0.3) is 5.60 Å². The highest BCUT2D eigenvalue weighted by atomic mass is 35.5. The maximum absolute atomic E-state index is 14.4. The molecular formula is C37H52ClNO5. The molecule has 3 aliphatic rings. The van der Waals surface area contributed by atoms with Crippen molar-refractivity contribution >= 4 is 12.1 Å². The highest BCUT2D eigenvalue weighted by Gasteiger charge is 2.57. The summed E-state index contributed by atoms with van der Waals surface area (Å²) < 4.78 is 19.3. The number of ether oxygens (including phenoxy) is 3. The maximum atomic E-state index is 14.4. The molecule has 3 heterocycles. The smallest absolute Gasteiger partial charge is 0.510 e. The van der Waals surface area contributed by atoms with E-state index in [1.54, 1.807) is 0 Å². The van der Waals surface area contributed by atoms with Gasteiger partial charge in [0.2, 0.25) is 0 Å². The maximum Gasteiger partial charge on any atom is 0.510 e. The lowest BCUT2D eigenvalue weighted by Gasteiger charge is -2.47. The third kappa shape index (κ3) is 7.80. The number of quaternary nitrogens is 1. The third-order valence-electron chi connectivity index (χ3n) is 10.4. The summed E-state index contributed by atoms with van der Waals surface area (Å²) in [4.78, 5) is 27.7. The summed E-state index contributed by atoms with van der Waals surface area (Å²) in [6, 6.07) is 19.7. The Morgan fingerprint density at radius 3 is 1.77 bits per heavy atom. The second-order valence-corrected chi connectivity index (χ2v) is 13.1. The van der Waals surface area contributed by atoms with Gasteiger partial charge in [0, 0.05) is 49.7 Å². The summed E-state index contributed by atoms with van der Waals surface area (Å²) in [5, 5.41) is 0. The van der Waals surface area contributed by atoms with Crippen molar-refractivity contribution in [3.8, 4) is 0 Å². The highest BCUT2D eigenvalue weighted by Crippen LogP contribution is 2.47. The van der Waals surface area contributed by atoms with Crippen LogP contribution in [0.15, 0.2) is 60.7 Å². The average molecular weight is 626 g/mol. The van der Waals surface area contributed by atoms with Gasteiger partial charge in [-0.2, -0.15) is 0 Å². The zero-order valence-electron chi connectivity index (χ0n) is 26.6. The van der Waals surface area contributed by atoms with Gasteiger partial charge >= 0.3 is 12.1 Å². The van der Waals surface area contributed by atoms with E-state index in [2.05, 4.69) is 6.92 Å². The lowest BCUT2D eigenvalue weighted by molar-refractivity contribution is -0.956. The Morgan fingerprint density at radius 2 is 1.25 bits per heavy atom. The number of halogens is 1. The zero-order valence-corrected chi connectivity index (χ0v) is 27.4. The first-order valence-corrected chi connectivity index (χ1v) is 17.1. The number of rotatable bonds is 15. The molecule has 6 nitrogen and oxygen atoms in total. The molecule has 0 aliphatic carbocycles. The number of hydrogen-bond acceptors (Lipinski definition) is 5. The first kappa shape index (κ1) is 34.3. The first-order chi connectivity index (χ1) is 21.1. The number of piperidine rings is 1. The summed E-state index contributed by atoms with van der Waals surface area (Å²) >= 11 is 0. The van der Waals surface area contributed by atoms with E-state index in [0.717, 1.165) is 32.1 Å². The minimum Gasteiger partial charge on any atom is -1.00 e. The molecule has 2 unspecified atom stereocenters. The van der Waals surface area contributed by atoms with E-state index >= 15 is 0 Å². The first-order valence-electron chi connectivity index (χ1n) is 17.1. The summed E-state index contributed by atoms with van der Waals surface area (Å²) in [7, 11) is 0. The fraction of sp³-hybridized carbons (Fsp3) is 0.622. The van der Waals surface area contributed by atoms with Crippen molar-refractivity contribution in [3.05, 3.63) is 71.8 Å². The number of esters is 1. The van der Waals surface area contributed by atoms with E-state index < -0.39 is 17.7 Å². The Balaban J connectivity index is 0.00000442. The standard InChI is InChI=1S/C37H52NO5.ClH/c1-2-3-4-5-6-7-8-9-18-27-41-36(40)43-37(30-19-12-10-13-20-30,31-21-14-11-15-22-31)35(39)42-34-28-32-23-24-33(29-34)38(32)25-16-17-26-38;/h10-15,19-22,32-34H,2-9,16-18,23-29H2,1H3;1H/q+1;/p-1. The molecule has 2 aromatic carbocycles. The van der Waals surface area contributed by atoms with Crippen LogP contribution < -0.4 is 12.4 Å². The van der Waals surface area contributed by atoms with Crippen LogP contribution in [0.1, 0.15) is 114 Å². The molecule has 2 aromatic rings. The molecule has 0 amide bonds. The highest BCUT2D eigenvalue weighted by molar-refractivity contribution is 5.88. The normalized spacial score (nSPS) is 21.9. The summed E-state index contributed by atoms with van der Waals surface area (Å²) in [5.74, 6) is -0.538. The van der Waals surface area contributed by atoms with Gasteiger partial charge in [-0.1, -0.05) is 119 Å². The number of nitrogens with zero attached hydrogens (tertiary/aromatic N) is 1. The molecule has 0 radical (unpaired) electrons. The summed E-state index contributed by atoms with van der Waals surface area (Å²) in [5.41, 5.74) is -0.616. The van der Waals surface area contributed by atoms with E-state index in [-0.39, 0.29) is 25.1 Å². The molecule has 2 atom stereocenters. The lowest BCUT2D eigenvalue weighted by atomic mass is 9.85. The second kappa shape index (κ2) is 16.7. The van der Waals surface area contributed by atoms with Crippen molar-refractivity contribution in [3.63, 3.8) is 0 Å². The van der Waals surface area contributed by atoms with Crippen LogP contribution in [0.2, 0.25) is 0 Å². The number of unbranched alkanes of at least 4 members (excludes halogenated alkanes) is 8. The van der Waals surface area contributed by atoms with E-state index in [0.29, 0.717) is 23.2 Å². The molecule has 3 aliphatic heterocycles. The van der Waals surface area contributed by atoms with Crippen LogP contribution in [0.25, 0.3) is 0 Å². The average Bonchev–Trinajstić information content (AvgIpc) is 3.58. The largest absolute Gasteiger partial charge is 1.00 e.